The number of anilines is 1. The third kappa shape index (κ3) is 7.12. The van der Waals surface area contributed by atoms with Crippen molar-refractivity contribution in [2.45, 2.75) is 25.6 Å². The molecule has 0 saturated heterocycles. The lowest BCUT2D eigenvalue weighted by Gasteiger charge is -2.10. The van der Waals surface area contributed by atoms with E-state index in [1.54, 1.807) is 23.0 Å². The Hall–Kier alpha value is -2.49. The van der Waals surface area contributed by atoms with Gasteiger partial charge in [0.2, 0.25) is 9.84 Å². The summed E-state index contributed by atoms with van der Waals surface area (Å²) in [5, 5.41) is 3.49. The highest BCUT2D eigenvalue weighted by Crippen LogP contribution is 2.14. The standard InChI is InChI=1S/C17H18ClN5O3S.C2H6/c1-27(24,25)17-21-15(10-16(22-17)23-8-6-19-12-23)20-7-9-26-11-13-2-4-14(18)5-3-13;1-2/h2-6,8,10,12H,7,9,11H2,1H3,(H,20,21,22);1-2H3. The largest absolute Gasteiger partial charge is 0.375 e. The predicted octanol–water partition coefficient (Wildman–Crippen LogP) is 3.37. The Morgan fingerprint density at radius 2 is 1.90 bits per heavy atom. The molecule has 0 spiro atoms. The third-order valence-corrected chi connectivity index (χ3v) is 4.63. The van der Waals surface area contributed by atoms with Gasteiger partial charge in [0, 0.05) is 36.3 Å². The first-order chi connectivity index (χ1) is 13.9. The topological polar surface area (TPSA) is 99.0 Å². The van der Waals surface area contributed by atoms with Crippen LogP contribution in [0.25, 0.3) is 5.82 Å². The summed E-state index contributed by atoms with van der Waals surface area (Å²) in [4.78, 5) is 12.1. The summed E-state index contributed by atoms with van der Waals surface area (Å²) in [6, 6.07) is 9.06. The number of imidazole rings is 1. The van der Waals surface area contributed by atoms with Crippen molar-refractivity contribution in [2.75, 3.05) is 24.7 Å². The number of ether oxygens (including phenoxy) is 1. The van der Waals surface area contributed by atoms with Gasteiger partial charge in [-0.3, -0.25) is 4.57 Å². The van der Waals surface area contributed by atoms with Crippen molar-refractivity contribution in [3.63, 3.8) is 0 Å². The fourth-order valence-electron chi connectivity index (χ4n) is 2.22. The van der Waals surface area contributed by atoms with E-state index in [2.05, 4.69) is 20.3 Å². The molecule has 0 fully saturated rings. The van der Waals surface area contributed by atoms with Gasteiger partial charge < -0.3 is 10.1 Å². The minimum absolute atomic E-state index is 0.252. The molecule has 0 bridgehead atoms. The number of aromatic nitrogens is 4. The molecule has 0 aliphatic rings. The van der Waals surface area contributed by atoms with Gasteiger partial charge in [0.15, 0.2) is 0 Å². The molecule has 0 aliphatic carbocycles. The van der Waals surface area contributed by atoms with Gasteiger partial charge in [0.25, 0.3) is 5.16 Å². The smallest absolute Gasteiger partial charge is 0.250 e. The molecule has 1 aromatic carbocycles. The number of nitrogens with one attached hydrogen (secondary N) is 1. The molecule has 10 heteroatoms. The van der Waals surface area contributed by atoms with E-state index < -0.39 is 9.84 Å². The zero-order valence-corrected chi connectivity index (χ0v) is 18.1. The van der Waals surface area contributed by atoms with Crippen molar-refractivity contribution in [3.8, 4) is 5.82 Å². The highest BCUT2D eigenvalue weighted by molar-refractivity contribution is 7.90. The Kier molecular flexibility index (Phi) is 8.56. The Balaban J connectivity index is 0.00000145. The van der Waals surface area contributed by atoms with Crippen LogP contribution in [0, 0.1) is 0 Å². The van der Waals surface area contributed by atoms with Crippen LogP contribution < -0.4 is 5.32 Å². The summed E-state index contributed by atoms with van der Waals surface area (Å²) in [5.41, 5.74) is 1.02. The lowest BCUT2D eigenvalue weighted by atomic mass is 10.2. The van der Waals surface area contributed by atoms with Gasteiger partial charge in [-0.1, -0.05) is 37.6 Å². The van der Waals surface area contributed by atoms with Crippen LogP contribution in [-0.4, -0.2) is 47.3 Å². The van der Waals surface area contributed by atoms with Crippen molar-refractivity contribution in [2.24, 2.45) is 0 Å². The molecule has 1 N–H and O–H groups in total. The molecule has 0 unspecified atom stereocenters. The summed E-state index contributed by atoms with van der Waals surface area (Å²) in [6.45, 7) is 5.33. The van der Waals surface area contributed by atoms with Gasteiger partial charge in [-0.2, -0.15) is 0 Å². The molecule has 3 aromatic rings. The molecule has 2 heterocycles. The van der Waals surface area contributed by atoms with Crippen molar-refractivity contribution < 1.29 is 13.2 Å². The highest BCUT2D eigenvalue weighted by Gasteiger charge is 2.15. The minimum atomic E-state index is -3.55. The number of rotatable bonds is 8. The number of benzene rings is 1. The van der Waals surface area contributed by atoms with E-state index in [4.69, 9.17) is 16.3 Å². The molecule has 0 aliphatic heterocycles. The second-order valence-electron chi connectivity index (χ2n) is 5.74. The van der Waals surface area contributed by atoms with Crippen LogP contribution in [0.5, 0.6) is 0 Å². The van der Waals surface area contributed by atoms with Crippen LogP contribution >= 0.6 is 11.6 Å². The van der Waals surface area contributed by atoms with Crippen LogP contribution in [0.15, 0.2) is 54.2 Å². The lowest BCUT2D eigenvalue weighted by molar-refractivity contribution is 0.130. The summed E-state index contributed by atoms with van der Waals surface area (Å²) in [6.07, 6.45) is 5.86. The molecule has 3 rings (SSSR count). The van der Waals surface area contributed by atoms with E-state index in [0.717, 1.165) is 11.8 Å². The molecule has 0 amide bonds. The number of hydrogen-bond acceptors (Lipinski definition) is 7. The second kappa shape index (κ2) is 10.9. The molecule has 29 heavy (non-hydrogen) atoms. The van der Waals surface area contributed by atoms with Crippen LogP contribution in [0.3, 0.4) is 0 Å². The normalized spacial score (nSPS) is 10.9. The van der Waals surface area contributed by atoms with E-state index >= 15 is 0 Å². The lowest BCUT2D eigenvalue weighted by Crippen LogP contribution is -2.14. The molecule has 0 radical (unpaired) electrons. The van der Waals surface area contributed by atoms with Crippen LogP contribution in [0.2, 0.25) is 5.02 Å². The van der Waals surface area contributed by atoms with E-state index in [1.165, 1.54) is 6.33 Å². The van der Waals surface area contributed by atoms with Gasteiger partial charge in [-0.05, 0) is 17.7 Å². The maximum Gasteiger partial charge on any atom is 0.250 e. The van der Waals surface area contributed by atoms with Crippen molar-refractivity contribution in [1.29, 1.82) is 0 Å². The maximum absolute atomic E-state index is 11.9. The zero-order valence-electron chi connectivity index (χ0n) is 16.5. The van der Waals surface area contributed by atoms with Gasteiger partial charge in [-0.15, -0.1) is 0 Å². The maximum atomic E-state index is 11.9. The van der Waals surface area contributed by atoms with Crippen molar-refractivity contribution >= 4 is 27.3 Å². The molecule has 156 valence electrons. The first-order valence-electron chi connectivity index (χ1n) is 9.05. The summed E-state index contributed by atoms with van der Waals surface area (Å²) in [5.74, 6) is 0.803. The molecule has 2 aromatic heterocycles. The molecular formula is C19H24ClN5O3S. The molecule has 0 saturated carbocycles. The van der Waals surface area contributed by atoms with E-state index in [1.807, 2.05) is 38.1 Å². The van der Waals surface area contributed by atoms with Crippen LogP contribution in [-0.2, 0) is 21.2 Å². The predicted molar refractivity (Wildman–Crippen MR) is 113 cm³/mol. The number of hydrogen-bond donors (Lipinski definition) is 1. The summed E-state index contributed by atoms with van der Waals surface area (Å²) in [7, 11) is -3.55. The molecule has 8 nitrogen and oxygen atoms in total. The zero-order chi connectivity index (χ0) is 21.3. The fraction of sp³-hybridized carbons (Fsp3) is 0.316. The van der Waals surface area contributed by atoms with Gasteiger partial charge >= 0.3 is 0 Å². The Morgan fingerprint density at radius 3 is 2.52 bits per heavy atom. The first kappa shape index (κ1) is 22.8. The Labute approximate surface area is 175 Å². The number of nitrogens with zero attached hydrogens (tertiary/aromatic N) is 4. The van der Waals surface area contributed by atoms with Gasteiger partial charge in [-0.25, -0.2) is 23.4 Å². The molecular weight excluding hydrogens is 414 g/mol. The van der Waals surface area contributed by atoms with E-state index in [9.17, 15) is 8.42 Å². The Bertz CT molecular complexity index is 993. The summed E-state index contributed by atoms with van der Waals surface area (Å²) < 4.78 is 30.9. The van der Waals surface area contributed by atoms with Crippen molar-refractivity contribution in [1.82, 2.24) is 19.5 Å². The first-order valence-corrected chi connectivity index (χ1v) is 11.3. The quantitative estimate of drug-likeness (QED) is 0.426. The number of sulfone groups is 1. The Morgan fingerprint density at radius 1 is 1.17 bits per heavy atom. The fourth-order valence-corrected chi connectivity index (χ4v) is 2.87. The van der Waals surface area contributed by atoms with Crippen LogP contribution in [0.4, 0.5) is 5.82 Å². The third-order valence-electron chi connectivity index (χ3n) is 3.53. The monoisotopic (exact) mass is 437 g/mol. The number of halogens is 1. The van der Waals surface area contributed by atoms with Gasteiger partial charge in [0.1, 0.15) is 18.0 Å². The van der Waals surface area contributed by atoms with E-state index in [0.29, 0.717) is 36.4 Å². The van der Waals surface area contributed by atoms with Crippen LogP contribution in [0.1, 0.15) is 19.4 Å². The second-order valence-corrected chi connectivity index (χ2v) is 8.09. The van der Waals surface area contributed by atoms with E-state index in [-0.39, 0.29) is 5.16 Å². The summed E-state index contributed by atoms with van der Waals surface area (Å²) >= 11 is 5.85. The highest BCUT2D eigenvalue weighted by atomic mass is 35.5. The molecule has 0 atom stereocenters. The average molecular weight is 438 g/mol. The minimum Gasteiger partial charge on any atom is -0.375 e. The SMILES string of the molecule is CC.CS(=O)(=O)c1nc(NCCOCc2ccc(Cl)cc2)cc(-n2ccnc2)n1. The van der Waals surface area contributed by atoms with Crippen molar-refractivity contribution in [3.05, 3.63) is 59.6 Å². The van der Waals surface area contributed by atoms with Gasteiger partial charge in [0.05, 0.1) is 13.2 Å². The average Bonchev–Trinajstić information content (AvgIpc) is 3.25.